The van der Waals surface area contributed by atoms with Crippen LogP contribution in [-0.4, -0.2) is 53.7 Å². The van der Waals surface area contributed by atoms with E-state index in [1.807, 2.05) is 0 Å². The number of ether oxygens (including phenoxy) is 1. The van der Waals surface area contributed by atoms with Crippen LogP contribution in [0.3, 0.4) is 0 Å². The van der Waals surface area contributed by atoms with E-state index in [0.717, 1.165) is 0 Å². The fraction of sp³-hybridized carbons (Fsp3) is 0.267. The summed E-state index contributed by atoms with van der Waals surface area (Å²) in [5.41, 5.74) is 1.42. The number of urea groups is 1. The molecule has 0 unspecified atom stereocenters. The number of carbonyl (C=O) groups excluding carboxylic acids is 2. The van der Waals surface area contributed by atoms with Crippen LogP contribution in [0.25, 0.3) is 10.9 Å². The van der Waals surface area contributed by atoms with Gasteiger partial charge < -0.3 is 25.0 Å². The van der Waals surface area contributed by atoms with Crippen LogP contribution < -0.4 is 5.32 Å². The number of H-pyrrole nitrogens is 1. The summed E-state index contributed by atoms with van der Waals surface area (Å²) in [7, 11) is 2.78. The van der Waals surface area contributed by atoms with Gasteiger partial charge in [-0.05, 0) is 18.2 Å². The molecule has 0 spiro atoms. The predicted octanol–water partition coefficient (Wildman–Crippen LogP) is 1.89. The van der Waals surface area contributed by atoms with Crippen LogP contribution in [0.4, 0.5) is 10.5 Å². The van der Waals surface area contributed by atoms with Gasteiger partial charge in [-0.15, -0.1) is 0 Å². The largest absolute Gasteiger partial charge is 0.481 e. The molecule has 8 nitrogen and oxygen atoms in total. The zero-order chi connectivity index (χ0) is 17.0. The molecule has 122 valence electrons. The van der Waals surface area contributed by atoms with Crippen molar-refractivity contribution >= 4 is 34.6 Å². The average molecular weight is 319 g/mol. The van der Waals surface area contributed by atoms with E-state index in [2.05, 4.69) is 10.3 Å². The lowest BCUT2D eigenvalue weighted by Crippen LogP contribution is -2.33. The van der Waals surface area contributed by atoms with E-state index >= 15 is 0 Å². The first kappa shape index (κ1) is 16.3. The van der Waals surface area contributed by atoms with Crippen molar-refractivity contribution in [2.24, 2.45) is 0 Å². The van der Waals surface area contributed by atoms with Crippen molar-refractivity contribution in [2.45, 2.75) is 6.42 Å². The van der Waals surface area contributed by atoms with Crippen molar-refractivity contribution in [3.8, 4) is 0 Å². The summed E-state index contributed by atoms with van der Waals surface area (Å²) >= 11 is 0. The molecule has 0 saturated carbocycles. The molecule has 3 N–H and O–H groups in total. The number of aromatic amines is 1. The SMILES string of the molecule is COC(=O)c1cc(NC(=O)N(C)CCC(=O)O)cc2[nH]ccc12. The Morgan fingerprint density at radius 3 is 2.74 bits per heavy atom. The Balaban J connectivity index is 2.21. The quantitative estimate of drug-likeness (QED) is 0.729. The summed E-state index contributed by atoms with van der Waals surface area (Å²) in [4.78, 5) is 38.7. The lowest BCUT2D eigenvalue weighted by molar-refractivity contribution is -0.137. The molecule has 0 aliphatic rings. The highest BCUT2D eigenvalue weighted by Gasteiger charge is 2.15. The van der Waals surface area contributed by atoms with Crippen molar-refractivity contribution in [3.05, 3.63) is 30.0 Å². The minimum atomic E-state index is -0.981. The molecule has 0 fully saturated rings. The van der Waals surface area contributed by atoms with Crippen LogP contribution in [0.15, 0.2) is 24.4 Å². The number of aliphatic carboxylic acids is 1. The summed E-state index contributed by atoms with van der Waals surface area (Å²) in [5, 5.41) is 12.0. The number of benzene rings is 1. The third-order valence-corrected chi connectivity index (χ3v) is 3.33. The number of hydrogen-bond donors (Lipinski definition) is 3. The monoisotopic (exact) mass is 319 g/mol. The molecule has 0 bridgehead atoms. The molecule has 0 aliphatic heterocycles. The lowest BCUT2D eigenvalue weighted by Gasteiger charge is -2.17. The van der Waals surface area contributed by atoms with Gasteiger partial charge in [-0.25, -0.2) is 9.59 Å². The van der Waals surface area contributed by atoms with Gasteiger partial charge in [0.25, 0.3) is 0 Å². The smallest absolute Gasteiger partial charge is 0.338 e. The molecule has 2 aromatic rings. The number of aromatic nitrogens is 1. The topological polar surface area (TPSA) is 112 Å². The van der Waals surface area contributed by atoms with Gasteiger partial charge in [0.2, 0.25) is 0 Å². The molecule has 2 amide bonds. The highest BCUT2D eigenvalue weighted by atomic mass is 16.5. The molecule has 23 heavy (non-hydrogen) atoms. The highest BCUT2D eigenvalue weighted by molar-refractivity contribution is 6.06. The number of rotatable bonds is 5. The van der Waals surface area contributed by atoms with Crippen molar-refractivity contribution in [3.63, 3.8) is 0 Å². The molecule has 2 rings (SSSR count). The Bertz CT molecular complexity index is 753. The number of nitrogens with zero attached hydrogens (tertiary/aromatic N) is 1. The van der Waals surface area contributed by atoms with E-state index in [4.69, 9.17) is 9.84 Å². The molecule has 1 aromatic carbocycles. The number of methoxy groups -OCH3 is 1. The van der Waals surface area contributed by atoms with E-state index in [-0.39, 0.29) is 13.0 Å². The number of anilines is 1. The Kier molecular flexibility index (Phi) is 4.85. The van der Waals surface area contributed by atoms with E-state index in [9.17, 15) is 14.4 Å². The van der Waals surface area contributed by atoms with Crippen LogP contribution in [-0.2, 0) is 9.53 Å². The second-order valence-corrected chi connectivity index (χ2v) is 4.95. The maximum absolute atomic E-state index is 12.0. The van der Waals surface area contributed by atoms with Crippen molar-refractivity contribution in [2.75, 3.05) is 26.0 Å². The molecule has 0 radical (unpaired) electrons. The van der Waals surface area contributed by atoms with Gasteiger partial charge in [0, 0.05) is 36.4 Å². The third kappa shape index (κ3) is 3.79. The van der Waals surface area contributed by atoms with E-state index in [1.54, 1.807) is 18.3 Å². The van der Waals surface area contributed by atoms with Crippen molar-refractivity contribution in [1.29, 1.82) is 0 Å². The van der Waals surface area contributed by atoms with Gasteiger partial charge in [0.1, 0.15) is 0 Å². The molecule has 1 aromatic heterocycles. The normalized spacial score (nSPS) is 10.3. The maximum atomic E-state index is 12.0. The molecule has 1 heterocycles. The van der Waals surface area contributed by atoms with Crippen molar-refractivity contribution in [1.82, 2.24) is 9.88 Å². The summed E-state index contributed by atoms with van der Waals surface area (Å²) < 4.78 is 4.74. The van der Waals surface area contributed by atoms with Gasteiger partial charge in [-0.1, -0.05) is 0 Å². The van der Waals surface area contributed by atoms with Gasteiger partial charge in [0.05, 0.1) is 19.1 Å². The first-order valence-electron chi connectivity index (χ1n) is 6.85. The Hall–Kier alpha value is -3.03. The van der Waals surface area contributed by atoms with E-state index in [0.29, 0.717) is 22.2 Å². The first-order chi connectivity index (χ1) is 10.9. The summed E-state index contributed by atoms with van der Waals surface area (Å²) in [5.74, 6) is -1.49. The number of carboxylic acids is 1. The second-order valence-electron chi connectivity index (χ2n) is 4.95. The van der Waals surface area contributed by atoms with Crippen LogP contribution in [0.5, 0.6) is 0 Å². The Morgan fingerprint density at radius 1 is 1.35 bits per heavy atom. The molecule has 0 atom stereocenters. The van der Waals surface area contributed by atoms with E-state index in [1.165, 1.54) is 25.1 Å². The number of amides is 2. The van der Waals surface area contributed by atoms with Gasteiger partial charge in [-0.3, -0.25) is 4.79 Å². The highest BCUT2D eigenvalue weighted by Crippen LogP contribution is 2.24. The lowest BCUT2D eigenvalue weighted by atomic mass is 10.1. The van der Waals surface area contributed by atoms with Crippen molar-refractivity contribution < 1.29 is 24.2 Å². The fourth-order valence-electron chi connectivity index (χ4n) is 2.10. The maximum Gasteiger partial charge on any atom is 0.338 e. The number of fused-ring (bicyclic) bond motifs is 1. The second kappa shape index (κ2) is 6.82. The van der Waals surface area contributed by atoms with Gasteiger partial charge in [-0.2, -0.15) is 0 Å². The van der Waals surface area contributed by atoms with Crippen LogP contribution in [0, 0.1) is 0 Å². The van der Waals surface area contributed by atoms with Crippen LogP contribution in [0.2, 0.25) is 0 Å². The number of carbonyl (C=O) groups is 3. The first-order valence-corrected chi connectivity index (χ1v) is 6.85. The van der Waals surface area contributed by atoms with Gasteiger partial charge >= 0.3 is 18.0 Å². The predicted molar refractivity (Wildman–Crippen MR) is 83.5 cm³/mol. The summed E-state index contributed by atoms with van der Waals surface area (Å²) in [6.45, 7) is 0.0791. The minimum absolute atomic E-state index is 0.0791. The molecule has 0 saturated heterocycles. The fourth-order valence-corrected chi connectivity index (χ4v) is 2.10. The van der Waals surface area contributed by atoms with Crippen LogP contribution >= 0.6 is 0 Å². The zero-order valence-corrected chi connectivity index (χ0v) is 12.8. The molecular weight excluding hydrogens is 302 g/mol. The Morgan fingerprint density at radius 2 is 2.09 bits per heavy atom. The third-order valence-electron chi connectivity index (χ3n) is 3.33. The van der Waals surface area contributed by atoms with Crippen LogP contribution in [0.1, 0.15) is 16.8 Å². The number of carboxylic acid groups (broad SMARTS) is 1. The summed E-state index contributed by atoms with van der Waals surface area (Å²) in [6.07, 6.45) is 1.54. The molecule has 8 heteroatoms. The molecular formula is C15H17N3O5. The summed E-state index contributed by atoms with van der Waals surface area (Å²) in [6, 6.07) is 4.48. The minimum Gasteiger partial charge on any atom is -0.481 e. The number of hydrogen-bond acceptors (Lipinski definition) is 4. The number of nitrogens with one attached hydrogen (secondary N) is 2. The Labute approximate surface area is 132 Å². The average Bonchev–Trinajstić information content (AvgIpc) is 2.99. The standard InChI is InChI=1S/C15H17N3O5/c1-18(6-4-13(19)20)15(22)17-9-7-11(14(21)23-2)10-3-5-16-12(10)8-9/h3,5,7-8,16H,4,6H2,1-2H3,(H,17,22)(H,19,20). The number of esters is 1. The van der Waals surface area contributed by atoms with E-state index < -0.39 is 18.0 Å². The zero-order valence-electron chi connectivity index (χ0n) is 12.8. The molecule has 0 aliphatic carbocycles. The van der Waals surface area contributed by atoms with Gasteiger partial charge in [0.15, 0.2) is 0 Å².